The number of aromatic nitrogens is 3. The molecule has 0 radical (unpaired) electrons. The monoisotopic (exact) mass is 376 g/mol. The van der Waals surface area contributed by atoms with Crippen LogP contribution in [0.3, 0.4) is 0 Å². The van der Waals surface area contributed by atoms with Gasteiger partial charge in [-0.2, -0.15) is 5.10 Å². The van der Waals surface area contributed by atoms with Gasteiger partial charge in [-0.3, -0.25) is 9.78 Å². The van der Waals surface area contributed by atoms with Crippen LogP contribution in [0, 0.1) is 6.92 Å². The third-order valence-corrected chi connectivity index (χ3v) is 4.71. The van der Waals surface area contributed by atoms with Gasteiger partial charge in [-0.15, -0.1) is 0 Å². The summed E-state index contributed by atoms with van der Waals surface area (Å²) < 4.78 is 1.95. The van der Waals surface area contributed by atoms with Crippen molar-refractivity contribution in [1.82, 2.24) is 20.1 Å². The van der Waals surface area contributed by atoms with Crippen LogP contribution in [0.1, 0.15) is 59.6 Å². The SMILES string of the molecule is CCCc1nn(-c2ccc(C)cc2)c(CCC)c1C(=O)NCc1cccnc1. The zero-order valence-electron chi connectivity index (χ0n) is 16.9. The first kappa shape index (κ1) is 19.8. The molecule has 0 unspecified atom stereocenters. The van der Waals surface area contributed by atoms with Gasteiger partial charge in [0.2, 0.25) is 0 Å². The summed E-state index contributed by atoms with van der Waals surface area (Å²) in [5, 5.41) is 7.89. The number of carbonyl (C=O) groups excluding carboxylic acids is 1. The van der Waals surface area contributed by atoms with Crippen molar-refractivity contribution in [3.8, 4) is 5.69 Å². The Bertz CT molecular complexity index is 914. The lowest BCUT2D eigenvalue weighted by molar-refractivity contribution is 0.0949. The zero-order chi connectivity index (χ0) is 19.9. The van der Waals surface area contributed by atoms with Gasteiger partial charge >= 0.3 is 0 Å². The molecular weight excluding hydrogens is 348 g/mol. The van der Waals surface area contributed by atoms with E-state index in [1.54, 1.807) is 12.4 Å². The van der Waals surface area contributed by atoms with Crippen molar-refractivity contribution in [3.05, 3.63) is 76.9 Å². The van der Waals surface area contributed by atoms with Crippen molar-refractivity contribution in [2.45, 2.75) is 53.0 Å². The Morgan fingerprint density at radius 2 is 1.82 bits per heavy atom. The lowest BCUT2D eigenvalue weighted by Crippen LogP contribution is -2.25. The molecule has 2 aromatic heterocycles. The molecule has 1 amide bonds. The number of nitrogens with one attached hydrogen (secondary N) is 1. The predicted octanol–water partition coefficient (Wildman–Crippen LogP) is 4.41. The molecule has 0 saturated heterocycles. The van der Waals surface area contributed by atoms with Gasteiger partial charge in [-0.25, -0.2) is 4.68 Å². The minimum atomic E-state index is -0.0610. The van der Waals surface area contributed by atoms with Crippen LogP contribution in [0.15, 0.2) is 48.8 Å². The van der Waals surface area contributed by atoms with Gasteiger partial charge in [-0.1, -0.05) is 50.5 Å². The lowest BCUT2D eigenvalue weighted by Gasteiger charge is -2.10. The molecule has 1 N–H and O–H groups in total. The van der Waals surface area contributed by atoms with Crippen LogP contribution in [0.4, 0.5) is 0 Å². The smallest absolute Gasteiger partial charge is 0.255 e. The molecule has 0 aliphatic rings. The quantitative estimate of drug-likeness (QED) is 0.633. The number of hydrogen-bond donors (Lipinski definition) is 1. The van der Waals surface area contributed by atoms with E-state index in [1.807, 2.05) is 16.8 Å². The molecule has 0 saturated carbocycles. The Morgan fingerprint density at radius 3 is 2.46 bits per heavy atom. The Morgan fingerprint density at radius 1 is 1.07 bits per heavy atom. The van der Waals surface area contributed by atoms with E-state index < -0.39 is 0 Å². The highest BCUT2D eigenvalue weighted by Gasteiger charge is 2.23. The Hall–Kier alpha value is -2.95. The standard InChI is InChI=1S/C23H28N4O/c1-4-7-20-22(23(28)25-16-18-9-6-14-24-15-18)21(8-5-2)27(26-20)19-12-10-17(3)11-13-19/h6,9-15H,4-5,7-8,16H2,1-3H3,(H,25,28). The minimum Gasteiger partial charge on any atom is -0.348 e. The van der Waals surface area contributed by atoms with Crippen LogP contribution < -0.4 is 5.32 Å². The van der Waals surface area contributed by atoms with E-state index >= 15 is 0 Å². The highest BCUT2D eigenvalue weighted by atomic mass is 16.1. The summed E-state index contributed by atoms with van der Waals surface area (Å²) in [5.41, 5.74) is 5.77. The first-order chi connectivity index (χ1) is 13.6. The molecule has 0 aliphatic carbocycles. The average Bonchev–Trinajstić information content (AvgIpc) is 3.06. The summed E-state index contributed by atoms with van der Waals surface area (Å²) in [7, 11) is 0. The van der Waals surface area contributed by atoms with Gasteiger partial charge in [0.15, 0.2) is 0 Å². The first-order valence-electron chi connectivity index (χ1n) is 9.99. The number of aryl methyl sites for hydroxylation is 2. The molecule has 1 aromatic carbocycles. The molecule has 28 heavy (non-hydrogen) atoms. The van der Waals surface area contributed by atoms with E-state index in [0.717, 1.165) is 53.9 Å². The largest absolute Gasteiger partial charge is 0.348 e. The number of nitrogens with zero attached hydrogens (tertiary/aromatic N) is 3. The molecule has 0 atom stereocenters. The van der Waals surface area contributed by atoms with E-state index in [2.05, 4.69) is 55.3 Å². The molecule has 3 rings (SSSR count). The molecular formula is C23H28N4O. The van der Waals surface area contributed by atoms with E-state index in [4.69, 9.17) is 5.10 Å². The van der Waals surface area contributed by atoms with Gasteiger partial charge in [0.1, 0.15) is 0 Å². The van der Waals surface area contributed by atoms with E-state index in [1.165, 1.54) is 5.56 Å². The molecule has 0 fully saturated rings. The maximum absolute atomic E-state index is 13.1. The fraction of sp³-hybridized carbons (Fsp3) is 0.348. The highest BCUT2D eigenvalue weighted by molar-refractivity contribution is 5.96. The molecule has 0 spiro atoms. The second-order valence-corrected chi connectivity index (χ2v) is 7.06. The highest BCUT2D eigenvalue weighted by Crippen LogP contribution is 2.22. The fourth-order valence-electron chi connectivity index (χ4n) is 3.32. The Balaban J connectivity index is 1.97. The number of benzene rings is 1. The van der Waals surface area contributed by atoms with Crippen LogP contribution in [0.25, 0.3) is 5.69 Å². The second kappa shape index (κ2) is 9.31. The van der Waals surface area contributed by atoms with Crippen molar-refractivity contribution in [1.29, 1.82) is 0 Å². The third kappa shape index (κ3) is 4.47. The van der Waals surface area contributed by atoms with Crippen LogP contribution in [0.5, 0.6) is 0 Å². The molecule has 146 valence electrons. The maximum atomic E-state index is 13.1. The van der Waals surface area contributed by atoms with E-state index in [-0.39, 0.29) is 5.91 Å². The summed E-state index contributed by atoms with van der Waals surface area (Å²) >= 11 is 0. The van der Waals surface area contributed by atoms with Gasteiger partial charge < -0.3 is 5.32 Å². The van der Waals surface area contributed by atoms with Gasteiger partial charge in [0.25, 0.3) is 5.91 Å². The van der Waals surface area contributed by atoms with E-state index in [9.17, 15) is 4.79 Å². The Kier molecular flexibility index (Phi) is 6.58. The van der Waals surface area contributed by atoms with Crippen LogP contribution in [-0.2, 0) is 19.4 Å². The van der Waals surface area contributed by atoms with E-state index in [0.29, 0.717) is 6.54 Å². The minimum absolute atomic E-state index is 0.0610. The van der Waals surface area contributed by atoms with Crippen molar-refractivity contribution in [3.63, 3.8) is 0 Å². The molecule has 5 nitrogen and oxygen atoms in total. The molecule has 2 heterocycles. The van der Waals surface area contributed by atoms with Crippen LogP contribution >= 0.6 is 0 Å². The lowest BCUT2D eigenvalue weighted by atomic mass is 10.1. The number of rotatable bonds is 8. The third-order valence-electron chi connectivity index (χ3n) is 4.71. The van der Waals surface area contributed by atoms with Crippen LogP contribution in [0.2, 0.25) is 0 Å². The van der Waals surface area contributed by atoms with Gasteiger partial charge in [0.05, 0.1) is 22.6 Å². The zero-order valence-corrected chi connectivity index (χ0v) is 16.9. The Labute approximate surface area is 166 Å². The summed E-state index contributed by atoms with van der Waals surface area (Å²) in [4.78, 5) is 17.2. The number of hydrogen-bond acceptors (Lipinski definition) is 3. The second-order valence-electron chi connectivity index (χ2n) is 7.06. The van der Waals surface area contributed by atoms with Gasteiger partial charge in [-0.05, 0) is 43.5 Å². The van der Waals surface area contributed by atoms with Crippen molar-refractivity contribution in [2.24, 2.45) is 0 Å². The summed E-state index contributed by atoms with van der Waals surface area (Å²) in [6, 6.07) is 12.1. The summed E-state index contributed by atoms with van der Waals surface area (Å²) in [6.07, 6.45) is 6.99. The fourth-order valence-corrected chi connectivity index (χ4v) is 3.32. The number of amides is 1. The van der Waals surface area contributed by atoms with Crippen molar-refractivity contribution >= 4 is 5.91 Å². The van der Waals surface area contributed by atoms with Crippen LogP contribution in [-0.4, -0.2) is 20.7 Å². The summed E-state index contributed by atoms with van der Waals surface area (Å²) in [5.74, 6) is -0.0610. The number of carbonyl (C=O) groups is 1. The topological polar surface area (TPSA) is 59.8 Å². The molecule has 0 aliphatic heterocycles. The van der Waals surface area contributed by atoms with Crippen molar-refractivity contribution < 1.29 is 4.79 Å². The summed E-state index contributed by atoms with van der Waals surface area (Å²) in [6.45, 7) is 6.77. The molecule has 5 heteroatoms. The van der Waals surface area contributed by atoms with Gasteiger partial charge in [0, 0.05) is 18.9 Å². The van der Waals surface area contributed by atoms with Crippen molar-refractivity contribution in [2.75, 3.05) is 0 Å². The molecule has 3 aromatic rings. The maximum Gasteiger partial charge on any atom is 0.255 e. The average molecular weight is 377 g/mol. The number of pyridine rings is 1. The first-order valence-corrected chi connectivity index (χ1v) is 9.99. The predicted molar refractivity (Wildman–Crippen MR) is 112 cm³/mol. The normalized spacial score (nSPS) is 10.8. The molecule has 0 bridgehead atoms.